The highest BCUT2D eigenvalue weighted by Gasteiger charge is 2.18. The number of carboxylic acids is 1. The van der Waals surface area contributed by atoms with Gasteiger partial charge in [-0.1, -0.05) is 0 Å². The third kappa shape index (κ3) is 17.5. The fourth-order valence-electron chi connectivity index (χ4n) is 0.298. The predicted molar refractivity (Wildman–Crippen MR) is 52.0 cm³/mol. The standard InChI is InChI=1S/C3H7NO5S.C2H6OS/c4-2(3(5)6)1-10(7,8)9;1-4(2)3/h2H,1,4H2,(H,5,6)(H,7,8,9);1-2H3/t2-;/m0./s1. The molecule has 0 aliphatic carbocycles. The average Bonchev–Trinajstić information content (AvgIpc) is 1.81. The summed E-state index contributed by atoms with van der Waals surface area (Å²) in [6, 6.07) is -1.56. The highest BCUT2D eigenvalue weighted by atomic mass is 32.2. The minimum Gasteiger partial charge on any atom is -0.480 e. The summed E-state index contributed by atoms with van der Waals surface area (Å²) in [5, 5.41) is 8.04. The molecule has 0 rings (SSSR count). The lowest BCUT2D eigenvalue weighted by atomic mass is 10.4. The zero-order valence-corrected chi connectivity index (χ0v) is 9.34. The van der Waals surface area contributed by atoms with Crippen LogP contribution in [0, 0.1) is 0 Å². The van der Waals surface area contributed by atoms with E-state index < -0.39 is 38.7 Å². The van der Waals surface area contributed by atoms with Crippen LogP contribution in [0.5, 0.6) is 0 Å². The van der Waals surface area contributed by atoms with Crippen molar-refractivity contribution in [2.45, 2.75) is 6.04 Å². The van der Waals surface area contributed by atoms with Crippen LogP contribution in [0.4, 0.5) is 0 Å². The van der Waals surface area contributed by atoms with E-state index in [1.165, 1.54) is 0 Å². The lowest BCUT2D eigenvalue weighted by Gasteiger charge is -2.01. The van der Waals surface area contributed by atoms with E-state index >= 15 is 0 Å². The van der Waals surface area contributed by atoms with Crippen LogP contribution in [0.25, 0.3) is 0 Å². The van der Waals surface area contributed by atoms with Crippen LogP contribution in [0.15, 0.2) is 0 Å². The van der Waals surface area contributed by atoms with E-state index in [0.717, 1.165) is 0 Å². The molecule has 0 radical (unpaired) electrons. The molecule has 0 aromatic heterocycles. The molecule has 0 spiro atoms. The number of hydrogen-bond acceptors (Lipinski definition) is 5. The zero-order chi connectivity index (χ0) is 11.9. The van der Waals surface area contributed by atoms with Crippen molar-refractivity contribution in [3.63, 3.8) is 0 Å². The van der Waals surface area contributed by atoms with E-state index in [4.69, 9.17) is 15.4 Å². The number of rotatable bonds is 3. The molecule has 7 nitrogen and oxygen atoms in total. The fourth-order valence-corrected chi connectivity index (χ4v) is 0.895. The van der Waals surface area contributed by atoms with Gasteiger partial charge in [0.25, 0.3) is 10.1 Å². The second-order valence-corrected chi connectivity index (χ2v) is 5.42. The first-order valence-electron chi connectivity index (χ1n) is 3.25. The number of carboxylic acid groups (broad SMARTS) is 1. The molecule has 0 bridgehead atoms. The molecule has 0 unspecified atom stereocenters. The SMILES string of the molecule is CS(C)=O.N[C@@H](CS(=O)(=O)O)C(=O)O. The Hall–Kier alpha value is -0.510. The molecule has 0 aromatic rings. The summed E-state index contributed by atoms with van der Waals surface area (Å²) in [4.78, 5) is 9.88. The van der Waals surface area contributed by atoms with E-state index in [1.807, 2.05) is 0 Å². The van der Waals surface area contributed by atoms with Crippen LogP contribution in [-0.2, 0) is 25.7 Å². The largest absolute Gasteiger partial charge is 0.480 e. The molecule has 0 saturated heterocycles. The summed E-state index contributed by atoms with van der Waals surface area (Å²) < 4.78 is 37.5. The van der Waals surface area contributed by atoms with Gasteiger partial charge in [0.1, 0.15) is 11.8 Å². The van der Waals surface area contributed by atoms with Crippen LogP contribution in [0.2, 0.25) is 0 Å². The van der Waals surface area contributed by atoms with Crippen molar-refractivity contribution in [1.82, 2.24) is 0 Å². The molecule has 0 heterocycles. The quantitative estimate of drug-likeness (QED) is 0.505. The van der Waals surface area contributed by atoms with Crippen molar-refractivity contribution < 1.29 is 27.1 Å². The summed E-state index contributed by atoms with van der Waals surface area (Å²) in [5.74, 6) is -2.42. The van der Waals surface area contributed by atoms with Gasteiger partial charge >= 0.3 is 5.97 Å². The Kier molecular flexibility index (Phi) is 7.82. The third-order valence-corrected chi connectivity index (χ3v) is 1.49. The molecule has 1 atom stereocenters. The molecule has 0 aliphatic heterocycles. The highest BCUT2D eigenvalue weighted by molar-refractivity contribution is 7.85. The molecule has 0 aromatic carbocycles. The third-order valence-electron chi connectivity index (χ3n) is 0.707. The van der Waals surface area contributed by atoms with Crippen molar-refractivity contribution in [2.24, 2.45) is 5.73 Å². The molecule has 0 fully saturated rings. The van der Waals surface area contributed by atoms with Gasteiger partial charge in [-0.05, 0) is 0 Å². The molecular formula is C5H13NO6S2. The van der Waals surface area contributed by atoms with Crippen LogP contribution < -0.4 is 5.73 Å². The first kappa shape index (κ1) is 15.9. The Bertz CT molecular complexity index is 293. The molecule has 0 saturated carbocycles. The number of aliphatic carboxylic acids is 1. The summed E-state index contributed by atoms with van der Waals surface area (Å²) in [6.07, 6.45) is 3.28. The van der Waals surface area contributed by atoms with Gasteiger partial charge in [0.05, 0.1) is 0 Å². The minimum atomic E-state index is -4.27. The van der Waals surface area contributed by atoms with Crippen LogP contribution in [-0.4, -0.2) is 52.6 Å². The molecule has 86 valence electrons. The summed E-state index contributed by atoms with van der Waals surface area (Å²) in [6.45, 7) is 0. The lowest BCUT2D eigenvalue weighted by molar-refractivity contribution is -0.138. The van der Waals surface area contributed by atoms with E-state index in [2.05, 4.69) is 0 Å². The van der Waals surface area contributed by atoms with Gasteiger partial charge < -0.3 is 10.8 Å². The van der Waals surface area contributed by atoms with Gasteiger partial charge in [0.15, 0.2) is 0 Å². The maximum absolute atomic E-state index is 9.96. The molecular weight excluding hydrogens is 234 g/mol. The second kappa shape index (κ2) is 6.87. The average molecular weight is 247 g/mol. The van der Waals surface area contributed by atoms with Gasteiger partial charge in [-0.15, -0.1) is 0 Å². The van der Waals surface area contributed by atoms with Crippen molar-refractivity contribution >= 4 is 26.9 Å². The monoisotopic (exact) mass is 247 g/mol. The Balaban J connectivity index is 0. The van der Waals surface area contributed by atoms with Crippen LogP contribution >= 0.6 is 0 Å². The smallest absolute Gasteiger partial charge is 0.321 e. The van der Waals surface area contributed by atoms with Crippen molar-refractivity contribution in [3.05, 3.63) is 0 Å². The van der Waals surface area contributed by atoms with E-state index in [9.17, 15) is 17.4 Å². The molecule has 0 aliphatic rings. The second-order valence-electron chi connectivity index (χ2n) is 2.43. The van der Waals surface area contributed by atoms with Crippen molar-refractivity contribution in [1.29, 1.82) is 0 Å². The number of carbonyl (C=O) groups is 1. The first-order chi connectivity index (χ1) is 6.06. The maximum Gasteiger partial charge on any atom is 0.321 e. The number of nitrogens with two attached hydrogens (primary N) is 1. The lowest BCUT2D eigenvalue weighted by Crippen LogP contribution is -2.36. The highest BCUT2D eigenvalue weighted by Crippen LogP contribution is 1.86. The Morgan fingerprint density at radius 2 is 1.79 bits per heavy atom. The summed E-state index contributed by atoms with van der Waals surface area (Å²) in [5.41, 5.74) is 4.76. The normalized spacial score (nSPS) is 12.9. The van der Waals surface area contributed by atoms with E-state index in [1.54, 1.807) is 12.5 Å². The molecule has 0 amide bonds. The first-order valence-corrected chi connectivity index (χ1v) is 6.82. The van der Waals surface area contributed by atoms with E-state index in [-0.39, 0.29) is 0 Å². The fraction of sp³-hybridized carbons (Fsp3) is 0.800. The molecule has 14 heavy (non-hydrogen) atoms. The van der Waals surface area contributed by atoms with Crippen molar-refractivity contribution in [3.8, 4) is 0 Å². The molecule has 9 heteroatoms. The Morgan fingerprint density at radius 1 is 1.50 bits per heavy atom. The van der Waals surface area contributed by atoms with Gasteiger partial charge in [0, 0.05) is 23.3 Å². The van der Waals surface area contributed by atoms with Crippen molar-refractivity contribution in [2.75, 3.05) is 18.3 Å². The van der Waals surface area contributed by atoms with E-state index in [0.29, 0.717) is 0 Å². The summed E-state index contributed by atoms with van der Waals surface area (Å²) >= 11 is 0. The Morgan fingerprint density at radius 3 is 1.86 bits per heavy atom. The minimum absolute atomic E-state index is 0.611. The number of hydrogen-bond donors (Lipinski definition) is 3. The Labute approximate surface area is 84.5 Å². The van der Waals surface area contributed by atoms with Gasteiger partial charge in [-0.2, -0.15) is 8.42 Å². The predicted octanol–water partition coefficient (Wildman–Crippen LogP) is -1.72. The van der Waals surface area contributed by atoms with Crippen LogP contribution in [0.3, 0.4) is 0 Å². The van der Waals surface area contributed by atoms with Gasteiger partial charge in [0.2, 0.25) is 0 Å². The molecule has 4 N–H and O–H groups in total. The maximum atomic E-state index is 9.96. The summed E-state index contributed by atoms with van der Waals surface area (Å²) in [7, 11) is -4.89. The zero-order valence-electron chi connectivity index (χ0n) is 7.71. The van der Waals surface area contributed by atoms with Crippen LogP contribution in [0.1, 0.15) is 0 Å². The van der Waals surface area contributed by atoms with Gasteiger partial charge in [-0.25, -0.2) is 0 Å². The van der Waals surface area contributed by atoms with Gasteiger partial charge in [-0.3, -0.25) is 13.6 Å². The topological polar surface area (TPSA) is 135 Å².